The van der Waals surface area contributed by atoms with Crippen molar-refractivity contribution in [2.24, 2.45) is 0 Å². The first-order valence-electron chi connectivity index (χ1n) is 9.21. The summed E-state index contributed by atoms with van der Waals surface area (Å²) in [5, 5.41) is 21.2. The van der Waals surface area contributed by atoms with E-state index in [-0.39, 0.29) is 40.4 Å². The van der Waals surface area contributed by atoms with Gasteiger partial charge in [0, 0.05) is 39.9 Å². The van der Waals surface area contributed by atoms with E-state index in [0.717, 1.165) is 4.47 Å². The molecule has 0 amide bonds. The lowest BCUT2D eigenvalue weighted by Gasteiger charge is -2.05. The summed E-state index contributed by atoms with van der Waals surface area (Å²) in [6.45, 7) is -0.169. The number of carbonyl (C=O) groups excluding carboxylic acids is 2. The molecule has 0 aromatic heterocycles. The lowest BCUT2D eigenvalue weighted by molar-refractivity contribution is -0.385. The van der Waals surface area contributed by atoms with Gasteiger partial charge in [-0.1, -0.05) is 62.2 Å². The van der Waals surface area contributed by atoms with Gasteiger partial charge >= 0.3 is 0 Å². The number of ketones is 2. The third-order valence-corrected chi connectivity index (χ3v) is 5.05. The number of nitrogens with zero attached hydrogens (tertiary/aromatic N) is 2. The minimum absolute atomic E-state index is 0.0631. The highest BCUT2D eigenvalue weighted by molar-refractivity contribution is 9.10. The summed E-state index contributed by atoms with van der Waals surface area (Å²) >= 11 is 6.29. The average molecular weight is 580 g/mol. The molecule has 0 heterocycles. The Bertz CT molecular complexity index is 1180. The number of Topliss-reactive ketones (excluding diaryl/α,β-unsaturated/α-hetero) is 2. The van der Waals surface area contributed by atoms with Crippen LogP contribution in [0, 0.1) is 20.2 Å². The summed E-state index contributed by atoms with van der Waals surface area (Å²) in [6.07, 6.45) is 0. The number of nitro benzene ring substituents is 2. The standard InChI is InChI=1S/C14H10BrNO4.C8H6BrNO3/c15-11-4-2-6-13(8-11)20-9-14(17)10-3-1-5-12(7-10)16(18)19;9-5-8(11)6-2-1-3-7(4-6)10(12)13/h1-8H,9H2;1-4H,5H2. The minimum atomic E-state index is -0.536. The maximum Gasteiger partial charge on any atom is 0.270 e. The predicted molar refractivity (Wildman–Crippen MR) is 128 cm³/mol. The van der Waals surface area contributed by atoms with Gasteiger partial charge in [0.25, 0.3) is 11.4 Å². The molecule has 0 aliphatic heterocycles. The third-order valence-electron chi connectivity index (χ3n) is 4.05. The number of benzene rings is 3. The second-order valence-corrected chi connectivity index (χ2v) is 7.82. The molecule has 0 aliphatic carbocycles. The highest BCUT2D eigenvalue weighted by atomic mass is 79.9. The summed E-state index contributed by atoms with van der Waals surface area (Å²) in [6, 6.07) is 18.3. The van der Waals surface area contributed by atoms with Crippen LogP contribution in [0.2, 0.25) is 0 Å². The van der Waals surface area contributed by atoms with Gasteiger partial charge in [-0.3, -0.25) is 29.8 Å². The molecule has 170 valence electrons. The quantitative estimate of drug-likeness (QED) is 0.143. The molecule has 0 N–H and O–H groups in total. The summed E-state index contributed by atoms with van der Waals surface area (Å²) < 4.78 is 6.20. The number of non-ortho nitro benzene ring substituents is 2. The minimum Gasteiger partial charge on any atom is -0.485 e. The Morgan fingerprint density at radius 3 is 1.79 bits per heavy atom. The number of alkyl halides is 1. The molecule has 9 nitrogen and oxygen atoms in total. The van der Waals surface area contributed by atoms with E-state index in [1.54, 1.807) is 24.3 Å². The summed E-state index contributed by atoms with van der Waals surface area (Å²) in [5.74, 6) is 0.0792. The highest BCUT2D eigenvalue weighted by Crippen LogP contribution is 2.19. The number of rotatable bonds is 8. The van der Waals surface area contributed by atoms with E-state index in [9.17, 15) is 29.8 Å². The molecule has 33 heavy (non-hydrogen) atoms. The Balaban J connectivity index is 0.000000257. The summed E-state index contributed by atoms with van der Waals surface area (Å²) in [4.78, 5) is 43.0. The van der Waals surface area contributed by atoms with Crippen molar-refractivity contribution in [3.05, 3.63) is 109 Å². The van der Waals surface area contributed by atoms with Gasteiger partial charge in [-0.05, 0) is 18.2 Å². The average Bonchev–Trinajstić information content (AvgIpc) is 2.82. The molecule has 0 saturated carbocycles. The zero-order chi connectivity index (χ0) is 24.4. The molecule has 0 fully saturated rings. The molecule has 0 unspecified atom stereocenters. The van der Waals surface area contributed by atoms with Crippen LogP contribution in [0.4, 0.5) is 11.4 Å². The smallest absolute Gasteiger partial charge is 0.270 e. The van der Waals surface area contributed by atoms with Gasteiger partial charge in [0.15, 0.2) is 18.2 Å². The first-order valence-corrected chi connectivity index (χ1v) is 11.1. The third kappa shape index (κ3) is 8.20. The number of carbonyl (C=O) groups is 2. The normalized spacial score (nSPS) is 9.88. The molecule has 0 spiro atoms. The number of halogens is 2. The Labute approximate surface area is 204 Å². The van der Waals surface area contributed by atoms with Crippen LogP contribution < -0.4 is 4.74 Å². The van der Waals surface area contributed by atoms with E-state index >= 15 is 0 Å². The SMILES string of the molecule is O=C(CBr)c1cccc([N+](=O)[O-])c1.O=C(COc1cccc(Br)c1)c1cccc([N+](=O)[O-])c1. The largest absolute Gasteiger partial charge is 0.485 e. The van der Waals surface area contributed by atoms with Crippen molar-refractivity contribution in [1.29, 1.82) is 0 Å². The Hall–Kier alpha value is -3.44. The van der Waals surface area contributed by atoms with E-state index in [1.165, 1.54) is 42.5 Å². The van der Waals surface area contributed by atoms with Crippen molar-refractivity contribution < 1.29 is 24.2 Å². The van der Waals surface area contributed by atoms with Crippen molar-refractivity contribution in [3.8, 4) is 5.75 Å². The number of ether oxygens (including phenoxy) is 1. The van der Waals surface area contributed by atoms with E-state index in [1.807, 2.05) is 6.07 Å². The molecule has 3 rings (SSSR count). The molecular weight excluding hydrogens is 564 g/mol. The van der Waals surface area contributed by atoms with Crippen molar-refractivity contribution in [1.82, 2.24) is 0 Å². The first kappa shape index (κ1) is 25.8. The van der Waals surface area contributed by atoms with Crippen molar-refractivity contribution in [2.75, 3.05) is 11.9 Å². The van der Waals surface area contributed by atoms with E-state index in [2.05, 4.69) is 31.9 Å². The molecule has 3 aromatic rings. The summed E-state index contributed by atoms with van der Waals surface area (Å²) in [5.41, 5.74) is 0.436. The molecule has 3 aromatic carbocycles. The fourth-order valence-corrected chi connectivity index (χ4v) is 3.15. The maximum atomic E-state index is 11.9. The van der Waals surface area contributed by atoms with Crippen LogP contribution in [0.1, 0.15) is 20.7 Å². The molecule has 0 radical (unpaired) electrons. The van der Waals surface area contributed by atoms with Crippen LogP contribution in [0.5, 0.6) is 5.75 Å². The van der Waals surface area contributed by atoms with Gasteiger partial charge < -0.3 is 4.74 Å². The van der Waals surface area contributed by atoms with Gasteiger partial charge in [-0.15, -0.1) is 0 Å². The van der Waals surface area contributed by atoms with E-state index in [4.69, 9.17) is 4.74 Å². The van der Waals surface area contributed by atoms with Gasteiger partial charge in [-0.2, -0.15) is 0 Å². The van der Waals surface area contributed by atoms with E-state index in [0.29, 0.717) is 11.3 Å². The topological polar surface area (TPSA) is 130 Å². The molecule has 0 saturated heterocycles. The van der Waals surface area contributed by atoms with Gasteiger partial charge in [0.05, 0.1) is 15.2 Å². The second kappa shape index (κ2) is 12.6. The van der Waals surface area contributed by atoms with Crippen LogP contribution >= 0.6 is 31.9 Å². The fourth-order valence-electron chi connectivity index (χ4n) is 2.45. The van der Waals surface area contributed by atoms with Gasteiger partial charge in [-0.25, -0.2) is 0 Å². The zero-order valence-electron chi connectivity index (χ0n) is 16.9. The Morgan fingerprint density at radius 2 is 1.30 bits per heavy atom. The lowest BCUT2D eigenvalue weighted by atomic mass is 10.1. The van der Waals surface area contributed by atoms with Crippen LogP contribution in [0.25, 0.3) is 0 Å². The molecule has 11 heteroatoms. The van der Waals surface area contributed by atoms with Crippen LogP contribution in [0.3, 0.4) is 0 Å². The molecule has 0 bridgehead atoms. The van der Waals surface area contributed by atoms with Crippen molar-refractivity contribution in [3.63, 3.8) is 0 Å². The van der Waals surface area contributed by atoms with Crippen LogP contribution in [-0.4, -0.2) is 33.4 Å². The molecular formula is C22H16Br2N2O7. The number of hydrogen-bond acceptors (Lipinski definition) is 7. The fraction of sp³-hybridized carbons (Fsp3) is 0.0909. The van der Waals surface area contributed by atoms with Crippen LogP contribution in [-0.2, 0) is 0 Å². The lowest BCUT2D eigenvalue weighted by Crippen LogP contribution is -2.11. The second-order valence-electron chi connectivity index (χ2n) is 6.34. The van der Waals surface area contributed by atoms with Gasteiger partial charge in [0.1, 0.15) is 5.75 Å². The molecule has 0 atom stereocenters. The van der Waals surface area contributed by atoms with Gasteiger partial charge in [0.2, 0.25) is 0 Å². The molecule has 0 aliphatic rings. The first-order chi connectivity index (χ1) is 15.7. The zero-order valence-corrected chi connectivity index (χ0v) is 20.0. The van der Waals surface area contributed by atoms with E-state index < -0.39 is 9.85 Å². The summed E-state index contributed by atoms with van der Waals surface area (Å²) in [7, 11) is 0. The monoisotopic (exact) mass is 578 g/mol. The Kier molecular flexibility index (Phi) is 9.83. The van der Waals surface area contributed by atoms with Crippen molar-refractivity contribution >= 4 is 54.8 Å². The number of nitro groups is 2. The van der Waals surface area contributed by atoms with Crippen molar-refractivity contribution in [2.45, 2.75) is 0 Å². The Morgan fingerprint density at radius 1 is 0.788 bits per heavy atom. The van der Waals surface area contributed by atoms with Crippen LogP contribution in [0.15, 0.2) is 77.3 Å². The number of hydrogen-bond donors (Lipinski definition) is 0. The predicted octanol–water partition coefficient (Wildman–Crippen LogP) is 5.79. The highest BCUT2D eigenvalue weighted by Gasteiger charge is 2.12. The maximum absolute atomic E-state index is 11.9.